The lowest BCUT2D eigenvalue weighted by Crippen LogP contribution is -2.48. The normalized spacial score (nSPS) is 15.1. The van der Waals surface area contributed by atoms with Gasteiger partial charge in [0.2, 0.25) is 0 Å². The monoisotopic (exact) mass is 395 g/mol. The fraction of sp³-hybridized carbons (Fsp3) is 0.353. The second-order valence-electron chi connectivity index (χ2n) is 5.92. The molecule has 1 saturated heterocycles. The zero-order valence-corrected chi connectivity index (χ0v) is 15.8. The van der Waals surface area contributed by atoms with E-state index < -0.39 is 4.92 Å². The molecule has 1 aromatic heterocycles. The lowest BCUT2D eigenvalue weighted by atomic mass is 10.1. The molecule has 0 N–H and O–H groups in total. The Balaban J connectivity index is 1.59. The highest BCUT2D eigenvalue weighted by Gasteiger charge is 2.25. The number of methoxy groups -OCH3 is 1. The van der Waals surface area contributed by atoms with Crippen LogP contribution in [0.25, 0.3) is 0 Å². The van der Waals surface area contributed by atoms with Gasteiger partial charge >= 0.3 is 5.00 Å². The molecule has 1 aliphatic heterocycles. The smallest absolute Gasteiger partial charge is 0.324 e. The SMILES string of the molecule is COc1ccc(Cl)cc1CN1CCN(C(=O)c2ccc([N+](=O)[O-])s2)CC1. The van der Waals surface area contributed by atoms with Gasteiger partial charge in [0.1, 0.15) is 5.75 Å². The number of nitrogens with zero attached hydrogens (tertiary/aromatic N) is 3. The third-order valence-corrected chi connectivity index (χ3v) is 5.54. The van der Waals surface area contributed by atoms with E-state index in [0.29, 0.717) is 29.5 Å². The van der Waals surface area contributed by atoms with Crippen molar-refractivity contribution in [2.45, 2.75) is 6.54 Å². The summed E-state index contributed by atoms with van der Waals surface area (Å²) in [7, 11) is 1.63. The number of thiophene rings is 1. The summed E-state index contributed by atoms with van der Waals surface area (Å²) in [4.78, 5) is 27.2. The van der Waals surface area contributed by atoms with Crippen LogP contribution in [0.3, 0.4) is 0 Å². The standard InChI is InChI=1S/C17H18ClN3O4S/c1-25-14-3-2-13(18)10-12(14)11-19-6-8-20(9-7-19)17(22)15-4-5-16(26-15)21(23)24/h2-5,10H,6-9,11H2,1H3. The summed E-state index contributed by atoms with van der Waals surface area (Å²) in [5.41, 5.74) is 1.01. The largest absolute Gasteiger partial charge is 0.496 e. The number of benzene rings is 1. The van der Waals surface area contributed by atoms with Crippen LogP contribution in [-0.4, -0.2) is 53.9 Å². The number of nitro groups is 1. The average molecular weight is 396 g/mol. The van der Waals surface area contributed by atoms with Gasteiger partial charge in [0, 0.05) is 49.4 Å². The topological polar surface area (TPSA) is 75.9 Å². The lowest BCUT2D eigenvalue weighted by Gasteiger charge is -2.34. The highest BCUT2D eigenvalue weighted by atomic mass is 35.5. The molecule has 26 heavy (non-hydrogen) atoms. The number of amides is 1. The molecule has 1 aliphatic rings. The van der Waals surface area contributed by atoms with Crippen molar-refractivity contribution in [3.63, 3.8) is 0 Å². The second-order valence-corrected chi connectivity index (χ2v) is 7.42. The molecule has 0 bridgehead atoms. The van der Waals surface area contributed by atoms with Gasteiger partial charge in [0.15, 0.2) is 0 Å². The molecule has 0 atom stereocenters. The zero-order chi connectivity index (χ0) is 18.7. The van der Waals surface area contributed by atoms with E-state index in [1.807, 2.05) is 12.1 Å². The number of halogens is 1. The first-order valence-electron chi connectivity index (χ1n) is 8.06. The second kappa shape index (κ2) is 8.03. The number of rotatable bonds is 5. The molecule has 0 radical (unpaired) electrons. The molecule has 3 rings (SSSR count). The van der Waals surface area contributed by atoms with Gasteiger partial charge in [-0.15, -0.1) is 0 Å². The molecule has 2 heterocycles. The summed E-state index contributed by atoms with van der Waals surface area (Å²) in [6.45, 7) is 3.28. The molecular weight excluding hydrogens is 378 g/mol. The van der Waals surface area contributed by atoms with Crippen LogP contribution in [0.15, 0.2) is 30.3 Å². The van der Waals surface area contributed by atoms with Gasteiger partial charge in [-0.25, -0.2) is 0 Å². The van der Waals surface area contributed by atoms with Crippen LogP contribution < -0.4 is 4.74 Å². The number of hydrogen-bond acceptors (Lipinski definition) is 6. The predicted molar refractivity (Wildman–Crippen MR) is 100 cm³/mol. The van der Waals surface area contributed by atoms with Gasteiger partial charge in [-0.05, 0) is 24.3 Å². The van der Waals surface area contributed by atoms with E-state index in [1.54, 1.807) is 18.1 Å². The molecular formula is C17H18ClN3O4S. The number of carbonyl (C=O) groups is 1. The van der Waals surface area contributed by atoms with Crippen molar-refractivity contribution in [3.8, 4) is 5.75 Å². The van der Waals surface area contributed by atoms with E-state index in [1.165, 1.54) is 12.1 Å². The predicted octanol–water partition coefficient (Wildman–Crippen LogP) is 3.28. The quantitative estimate of drug-likeness (QED) is 0.573. The fourth-order valence-corrected chi connectivity index (χ4v) is 3.90. The van der Waals surface area contributed by atoms with Crippen molar-refractivity contribution >= 4 is 33.8 Å². The van der Waals surface area contributed by atoms with Gasteiger partial charge in [0.25, 0.3) is 5.91 Å². The van der Waals surface area contributed by atoms with Crippen molar-refractivity contribution < 1.29 is 14.5 Å². The Labute approximate surface area is 159 Å². The van der Waals surface area contributed by atoms with E-state index in [9.17, 15) is 14.9 Å². The summed E-state index contributed by atoms with van der Waals surface area (Å²) >= 11 is 6.99. The number of carbonyl (C=O) groups excluding carboxylic acids is 1. The highest BCUT2D eigenvalue weighted by Crippen LogP contribution is 2.27. The van der Waals surface area contributed by atoms with Gasteiger partial charge in [0.05, 0.1) is 16.9 Å². The molecule has 1 fully saturated rings. The molecule has 0 spiro atoms. The molecule has 0 aliphatic carbocycles. The minimum Gasteiger partial charge on any atom is -0.496 e. The molecule has 0 saturated carbocycles. The number of ether oxygens (including phenoxy) is 1. The Morgan fingerprint density at radius 2 is 2.00 bits per heavy atom. The number of piperazine rings is 1. The van der Waals surface area contributed by atoms with Gasteiger partial charge < -0.3 is 9.64 Å². The van der Waals surface area contributed by atoms with Crippen LogP contribution in [-0.2, 0) is 6.54 Å². The third-order valence-electron chi connectivity index (χ3n) is 4.28. The van der Waals surface area contributed by atoms with Gasteiger partial charge in [-0.3, -0.25) is 19.8 Å². The Morgan fingerprint density at radius 3 is 2.62 bits per heavy atom. The van der Waals surface area contributed by atoms with Crippen molar-refractivity contribution in [3.05, 3.63) is 55.9 Å². The molecule has 1 aromatic carbocycles. The third kappa shape index (κ3) is 4.14. The van der Waals surface area contributed by atoms with Crippen molar-refractivity contribution in [1.82, 2.24) is 9.80 Å². The van der Waals surface area contributed by atoms with Crippen molar-refractivity contribution in [2.24, 2.45) is 0 Å². The van der Waals surface area contributed by atoms with E-state index >= 15 is 0 Å². The maximum Gasteiger partial charge on any atom is 0.324 e. The summed E-state index contributed by atoms with van der Waals surface area (Å²) in [5.74, 6) is 0.641. The van der Waals surface area contributed by atoms with Crippen molar-refractivity contribution in [1.29, 1.82) is 0 Å². The van der Waals surface area contributed by atoms with Crippen LogP contribution in [0, 0.1) is 10.1 Å². The van der Waals surface area contributed by atoms with Crippen LogP contribution in [0.1, 0.15) is 15.2 Å². The Bertz CT molecular complexity index is 818. The van der Waals surface area contributed by atoms with Crippen LogP contribution in [0.2, 0.25) is 5.02 Å². The molecule has 2 aromatic rings. The molecule has 0 unspecified atom stereocenters. The van der Waals surface area contributed by atoms with E-state index in [0.717, 1.165) is 35.7 Å². The summed E-state index contributed by atoms with van der Waals surface area (Å²) in [6.07, 6.45) is 0. The summed E-state index contributed by atoms with van der Waals surface area (Å²) in [5, 5.41) is 11.4. The molecule has 7 nitrogen and oxygen atoms in total. The van der Waals surface area contributed by atoms with E-state index in [2.05, 4.69) is 4.90 Å². The zero-order valence-electron chi connectivity index (χ0n) is 14.2. The van der Waals surface area contributed by atoms with E-state index in [4.69, 9.17) is 16.3 Å². The summed E-state index contributed by atoms with van der Waals surface area (Å²) in [6, 6.07) is 8.43. The highest BCUT2D eigenvalue weighted by molar-refractivity contribution is 7.17. The fourth-order valence-electron chi connectivity index (χ4n) is 2.92. The van der Waals surface area contributed by atoms with E-state index in [-0.39, 0.29) is 10.9 Å². The minimum atomic E-state index is -0.474. The first-order valence-corrected chi connectivity index (χ1v) is 9.25. The number of hydrogen-bond donors (Lipinski definition) is 0. The minimum absolute atomic E-state index is 0.0139. The molecule has 1 amide bonds. The van der Waals surface area contributed by atoms with Gasteiger partial charge in [-0.2, -0.15) is 0 Å². The Kier molecular flexibility index (Phi) is 5.75. The molecule has 9 heteroatoms. The van der Waals surface area contributed by atoms with Crippen LogP contribution in [0.4, 0.5) is 5.00 Å². The van der Waals surface area contributed by atoms with Crippen LogP contribution >= 0.6 is 22.9 Å². The maximum atomic E-state index is 12.5. The van der Waals surface area contributed by atoms with Gasteiger partial charge in [-0.1, -0.05) is 22.9 Å². The van der Waals surface area contributed by atoms with Crippen LogP contribution in [0.5, 0.6) is 5.75 Å². The Morgan fingerprint density at radius 1 is 1.27 bits per heavy atom. The first kappa shape index (κ1) is 18.6. The van der Waals surface area contributed by atoms with Crippen molar-refractivity contribution in [2.75, 3.05) is 33.3 Å². The Hall–Kier alpha value is -2.16. The average Bonchev–Trinajstić information content (AvgIpc) is 3.12. The lowest BCUT2D eigenvalue weighted by molar-refractivity contribution is -0.380. The maximum absolute atomic E-state index is 12.5. The molecule has 138 valence electrons. The summed E-state index contributed by atoms with van der Waals surface area (Å²) < 4.78 is 5.38. The first-order chi connectivity index (χ1) is 12.5.